The number of hydrogen-bond acceptors (Lipinski definition) is 2. The average Bonchev–Trinajstić information content (AvgIpc) is 2.98. The summed E-state index contributed by atoms with van der Waals surface area (Å²) in [5.41, 5.74) is 0.471. The van der Waals surface area contributed by atoms with E-state index in [0.717, 1.165) is 36.9 Å². The average molecular weight is 367 g/mol. The minimum atomic E-state index is -1.51. The second kappa shape index (κ2) is 9.17. The molecule has 0 spiro atoms. The first-order valence-corrected chi connectivity index (χ1v) is 13.6. The van der Waals surface area contributed by atoms with Gasteiger partial charge in [0.05, 0.1) is 0 Å². The van der Waals surface area contributed by atoms with Gasteiger partial charge in [-0.05, 0) is 73.4 Å². The van der Waals surface area contributed by atoms with Gasteiger partial charge in [0.15, 0.2) is 8.32 Å². The third kappa shape index (κ3) is 4.40. The monoisotopic (exact) mass is 366 g/mol. The van der Waals surface area contributed by atoms with Gasteiger partial charge >= 0.3 is 0 Å². The molecule has 0 aromatic rings. The van der Waals surface area contributed by atoms with Crippen LogP contribution in [0.5, 0.6) is 0 Å². The van der Waals surface area contributed by atoms with Gasteiger partial charge in [-0.1, -0.05) is 47.5 Å². The van der Waals surface area contributed by atoms with Crippen molar-refractivity contribution in [2.75, 3.05) is 0 Å². The maximum absolute atomic E-state index is 10.6. The van der Waals surface area contributed by atoms with Gasteiger partial charge in [-0.3, -0.25) is 0 Å². The molecule has 2 aliphatic carbocycles. The van der Waals surface area contributed by atoms with Crippen molar-refractivity contribution in [1.29, 1.82) is 0 Å². The zero-order chi connectivity index (χ0) is 18.5. The second-order valence-corrected chi connectivity index (χ2v) is 13.9. The smallest absolute Gasteiger partial charge is 0.192 e. The molecule has 2 fully saturated rings. The fraction of sp³-hybridized carbons (Fsp3) is 0.955. The van der Waals surface area contributed by atoms with Crippen molar-refractivity contribution in [1.82, 2.24) is 0 Å². The van der Waals surface area contributed by atoms with Crippen LogP contribution in [0.4, 0.5) is 0 Å². The molecule has 2 nitrogen and oxygen atoms in total. The van der Waals surface area contributed by atoms with Crippen molar-refractivity contribution in [3.05, 3.63) is 0 Å². The van der Waals surface area contributed by atoms with Gasteiger partial charge in [0.1, 0.15) is 6.29 Å². The van der Waals surface area contributed by atoms with E-state index in [1.165, 1.54) is 56.7 Å². The lowest BCUT2D eigenvalue weighted by atomic mass is 9.61. The molecular formula is C22H42O2Si. The molecular weight excluding hydrogens is 324 g/mol. The van der Waals surface area contributed by atoms with E-state index in [1.54, 1.807) is 0 Å². The van der Waals surface area contributed by atoms with Gasteiger partial charge < -0.3 is 9.22 Å². The van der Waals surface area contributed by atoms with Crippen molar-refractivity contribution < 1.29 is 9.22 Å². The summed E-state index contributed by atoms with van der Waals surface area (Å²) < 4.78 is 7.02. The van der Waals surface area contributed by atoms with Crippen LogP contribution in [-0.4, -0.2) is 20.7 Å². The molecule has 2 aliphatic rings. The lowest BCUT2D eigenvalue weighted by Crippen LogP contribution is -2.48. The van der Waals surface area contributed by atoms with Crippen LogP contribution in [0.15, 0.2) is 0 Å². The molecule has 0 N–H and O–H groups in total. The van der Waals surface area contributed by atoms with E-state index in [9.17, 15) is 4.79 Å². The van der Waals surface area contributed by atoms with Gasteiger partial charge in [-0.2, -0.15) is 0 Å². The Hall–Kier alpha value is -0.153. The van der Waals surface area contributed by atoms with Crippen LogP contribution in [0, 0.1) is 23.2 Å². The lowest BCUT2D eigenvalue weighted by Gasteiger charge is -2.49. The van der Waals surface area contributed by atoms with E-state index in [1.807, 2.05) is 0 Å². The molecule has 2 rings (SSSR count). The van der Waals surface area contributed by atoms with Crippen LogP contribution in [0.3, 0.4) is 0 Å². The van der Waals surface area contributed by atoms with Crippen LogP contribution in [0.25, 0.3) is 0 Å². The van der Waals surface area contributed by atoms with Crippen LogP contribution in [0.1, 0.15) is 86.0 Å². The highest BCUT2D eigenvalue weighted by Gasteiger charge is 2.53. The Morgan fingerprint density at radius 1 is 1.16 bits per heavy atom. The van der Waals surface area contributed by atoms with Crippen molar-refractivity contribution in [3.63, 3.8) is 0 Å². The SMILES string of the molecule is CC[Si](CC)(CC)OC1CCCC2(C)C(C(C)CCCC=O)CCC12. The van der Waals surface area contributed by atoms with Crippen molar-refractivity contribution in [2.45, 2.75) is 110 Å². The van der Waals surface area contributed by atoms with Crippen LogP contribution in [-0.2, 0) is 9.22 Å². The highest BCUT2D eigenvalue weighted by Crippen LogP contribution is 2.59. The molecule has 0 bridgehead atoms. The maximum Gasteiger partial charge on any atom is 0.192 e. The Bertz CT molecular complexity index is 412. The molecule has 0 amide bonds. The fourth-order valence-corrected chi connectivity index (χ4v) is 9.21. The normalized spacial score (nSPS) is 33.9. The van der Waals surface area contributed by atoms with Crippen LogP contribution in [0.2, 0.25) is 18.1 Å². The number of carbonyl (C=O) groups excluding carboxylic acids is 1. The Balaban J connectivity index is 2.08. The predicted octanol–water partition coefficient (Wildman–Crippen LogP) is 6.60. The predicted molar refractivity (Wildman–Crippen MR) is 109 cm³/mol. The Kier molecular flexibility index (Phi) is 7.76. The van der Waals surface area contributed by atoms with E-state index in [2.05, 4.69) is 34.6 Å². The van der Waals surface area contributed by atoms with Gasteiger partial charge in [0, 0.05) is 12.5 Å². The number of unbranched alkanes of at least 4 members (excludes halogenated alkanes) is 1. The van der Waals surface area contributed by atoms with Gasteiger partial charge in [0.25, 0.3) is 0 Å². The number of fused-ring (bicyclic) bond motifs is 1. The summed E-state index contributed by atoms with van der Waals surface area (Å²) in [4.78, 5) is 10.6. The molecule has 5 unspecified atom stereocenters. The summed E-state index contributed by atoms with van der Waals surface area (Å²) in [6.45, 7) is 12.1. The Morgan fingerprint density at radius 3 is 2.44 bits per heavy atom. The Labute approximate surface area is 157 Å². The molecule has 25 heavy (non-hydrogen) atoms. The zero-order valence-electron chi connectivity index (χ0n) is 17.5. The first kappa shape index (κ1) is 21.2. The number of hydrogen-bond donors (Lipinski definition) is 0. The van der Waals surface area contributed by atoms with Crippen LogP contribution < -0.4 is 0 Å². The summed E-state index contributed by atoms with van der Waals surface area (Å²) in [7, 11) is -1.51. The summed E-state index contributed by atoms with van der Waals surface area (Å²) in [6, 6.07) is 3.81. The minimum absolute atomic E-state index is 0.471. The highest BCUT2D eigenvalue weighted by atomic mass is 28.4. The molecule has 5 atom stereocenters. The van der Waals surface area contributed by atoms with E-state index in [4.69, 9.17) is 4.43 Å². The largest absolute Gasteiger partial charge is 0.414 e. The van der Waals surface area contributed by atoms with Crippen molar-refractivity contribution in [3.8, 4) is 0 Å². The maximum atomic E-state index is 10.6. The van der Waals surface area contributed by atoms with Crippen molar-refractivity contribution in [2.24, 2.45) is 23.2 Å². The molecule has 146 valence electrons. The first-order chi connectivity index (χ1) is 12.0. The second-order valence-electron chi connectivity index (χ2n) is 9.16. The number of carbonyl (C=O) groups is 1. The standard InChI is InChI=1S/C22H42O2Si/c1-6-25(7-2,8-3)24-21-13-11-16-22(5)19(14-15-20(21)22)18(4)12-9-10-17-23/h17-21H,6-16H2,1-5H3. The quantitative estimate of drug-likeness (QED) is 0.247. The zero-order valence-corrected chi connectivity index (χ0v) is 18.5. The first-order valence-electron chi connectivity index (χ1n) is 11.1. The molecule has 0 aromatic carbocycles. The van der Waals surface area contributed by atoms with E-state index in [-0.39, 0.29) is 0 Å². The molecule has 3 heteroatoms. The molecule has 2 saturated carbocycles. The fourth-order valence-electron chi connectivity index (χ4n) is 6.28. The van der Waals surface area contributed by atoms with E-state index >= 15 is 0 Å². The number of rotatable bonds is 10. The summed E-state index contributed by atoms with van der Waals surface area (Å²) in [6.07, 6.45) is 11.4. The summed E-state index contributed by atoms with van der Waals surface area (Å²) >= 11 is 0. The summed E-state index contributed by atoms with van der Waals surface area (Å²) in [5, 5.41) is 0. The third-order valence-corrected chi connectivity index (χ3v) is 12.8. The van der Waals surface area contributed by atoms with Gasteiger partial charge in [-0.25, -0.2) is 0 Å². The van der Waals surface area contributed by atoms with Crippen molar-refractivity contribution >= 4 is 14.6 Å². The molecule has 0 aliphatic heterocycles. The third-order valence-electron chi connectivity index (χ3n) is 8.14. The van der Waals surface area contributed by atoms with Gasteiger partial charge in [0.2, 0.25) is 0 Å². The lowest BCUT2D eigenvalue weighted by molar-refractivity contribution is -0.108. The number of aldehydes is 1. The topological polar surface area (TPSA) is 26.3 Å². The molecule has 0 heterocycles. The Morgan fingerprint density at radius 2 is 1.84 bits per heavy atom. The highest BCUT2D eigenvalue weighted by molar-refractivity contribution is 6.73. The van der Waals surface area contributed by atoms with Gasteiger partial charge in [-0.15, -0.1) is 0 Å². The molecule has 0 radical (unpaired) electrons. The van der Waals surface area contributed by atoms with E-state index < -0.39 is 8.32 Å². The summed E-state index contributed by atoms with van der Waals surface area (Å²) in [5.74, 6) is 2.35. The minimum Gasteiger partial charge on any atom is -0.414 e. The van der Waals surface area contributed by atoms with Crippen LogP contribution >= 0.6 is 0 Å². The molecule has 0 saturated heterocycles. The van der Waals surface area contributed by atoms with E-state index in [0.29, 0.717) is 11.5 Å². The molecule has 0 aromatic heterocycles.